The third-order valence-corrected chi connectivity index (χ3v) is 2.15. The quantitative estimate of drug-likeness (QED) is 0.613. The van der Waals surface area contributed by atoms with E-state index < -0.39 is 5.97 Å². The molecule has 1 rings (SSSR count). The van der Waals surface area contributed by atoms with Gasteiger partial charge in [0.15, 0.2) is 0 Å². The average Bonchev–Trinajstić information content (AvgIpc) is 2.15. The van der Waals surface area contributed by atoms with E-state index in [-0.39, 0.29) is 12.6 Å². The maximum Gasteiger partial charge on any atom is 0.317 e. The van der Waals surface area contributed by atoms with Gasteiger partial charge < -0.3 is 10.2 Å². The first kappa shape index (κ1) is 9.48. The molecule has 0 saturated carbocycles. The second-order valence-corrected chi connectivity index (χ2v) is 3.25. The van der Waals surface area contributed by atoms with E-state index in [1.165, 1.54) is 0 Å². The van der Waals surface area contributed by atoms with Crippen LogP contribution in [0.1, 0.15) is 19.3 Å². The Morgan fingerprint density at radius 2 is 2.17 bits per heavy atom. The zero-order valence-corrected chi connectivity index (χ0v) is 7.07. The second kappa shape index (κ2) is 4.42. The number of hydrogen-bond acceptors (Lipinski definition) is 3. The van der Waals surface area contributed by atoms with Crippen LogP contribution in [-0.2, 0) is 4.79 Å². The van der Waals surface area contributed by atoms with Crippen LogP contribution in [0.5, 0.6) is 0 Å². The lowest BCUT2D eigenvalue weighted by molar-refractivity contribution is -0.138. The van der Waals surface area contributed by atoms with Crippen LogP contribution < -0.4 is 0 Å². The molecule has 0 bridgehead atoms. The Hall–Kier alpha value is -0.610. The normalized spacial score (nSPS) is 26.6. The van der Waals surface area contributed by atoms with Gasteiger partial charge >= 0.3 is 5.97 Å². The molecule has 0 aromatic rings. The molecule has 2 N–H and O–H groups in total. The molecule has 0 aromatic heterocycles. The number of aliphatic hydroxyl groups excluding tert-OH is 1. The molecule has 1 aliphatic rings. The van der Waals surface area contributed by atoms with Crippen LogP contribution in [0.25, 0.3) is 0 Å². The molecule has 70 valence electrons. The number of rotatable bonds is 2. The van der Waals surface area contributed by atoms with Gasteiger partial charge in [0.2, 0.25) is 0 Å². The molecule has 0 radical (unpaired) electrons. The Balaban J connectivity index is 2.30. The topological polar surface area (TPSA) is 60.8 Å². The van der Waals surface area contributed by atoms with E-state index >= 15 is 0 Å². The summed E-state index contributed by atoms with van der Waals surface area (Å²) in [4.78, 5) is 12.2. The molecule has 4 heteroatoms. The van der Waals surface area contributed by atoms with Gasteiger partial charge in [-0.25, -0.2) is 0 Å². The summed E-state index contributed by atoms with van der Waals surface area (Å²) in [6, 6.07) is 0. The van der Waals surface area contributed by atoms with Crippen LogP contribution in [0, 0.1) is 0 Å². The fourth-order valence-electron chi connectivity index (χ4n) is 1.49. The van der Waals surface area contributed by atoms with Crippen molar-refractivity contribution in [1.29, 1.82) is 0 Å². The first-order valence-electron chi connectivity index (χ1n) is 4.30. The fourth-order valence-corrected chi connectivity index (χ4v) is 1.49. The van der Waals surface area contributed by atoms with Gasteiger partial charge in [0.05, 0.1) is 12.6 Å². The zero-order valence-electron chi connectivity index (χ0n) is 7.07. The summed E-state index contributed by atoms with van der Waals surface area (Å²) in [6.45, 7) is 1.60. The summed E-state index contributed by atoms with van der Waals surface area (Å²) in [5.41, 5.74) is 0. The van der Waals surface area contributed by atoms with Gasteiger partial charge in [0.1, 0.15) is 0 Å². The maximum atomic E-state index is 10.4. The summed E-state index contributed by atoms with van der Waals surface area (Å²) in [5.74, 6) is -0.786. The van der Waals surface area contributed by atoms with Crippen molar-refractivity contribution in [2.45, 2.75) is 25.4 Å². The number of carbonyl (C=O) groups is 1. The molecule has 1 aliphatic heterocycles. The Bertz CT molecular complexity index is 160. The molecule has 1 saturated heterocycles. The molecule has 4 nitrogen and oxygen atoms in total. The van der Waals surface area contributed by atoms with E-state index in [9.17, 15) is 9.90 Å². The second-order valence-electron chi connectivity index (χ2n) is 3.25. The lowest BCUT2D eigenvalue weighted by Gasteiger charge is -2.16. The van der Waals surface area contributed by atoms with Gasteiger partial charge in [0, 0.05) is 6.54 Å². The predicted molar refractivity (Wildman–Crippen MR) is 43.9 cm³/mol. The van der Waals surface area contributed by atoms with Gasteiger partial charge in [-0.15, -0.1) is 0 Å². The fraction of sp³-hybridized carbons (Fsp3) is 0.875. The zero-order chi connectivity index (χ0) is 8.97. The van der Waals surface area contributed by atoms with Gasteiger partial charge in [0.25, 0.3) is 0 Å². The lowest BCUT2D eigenvalue weighted by Crippen LogP contribution is -2.30. The van der Waals surface area contributed by atoms with Crippen molar-refractivity contribution in [3.8, 4) is 0 Å². The molecular weight excluding hydrogens is 158 g/mol. The SMILES string of the molecule is O=C(O)CN1CCCC(O)CC1. The maximum absolute atomic E-state index is 10.4. The third-order valence-electron chi connectivity index (χ3n) is 2.15. The third kappa shape index (κ3) is 3.19. The van der Waals surface area contributed by atoms with Gasteiger partial charge in [-0.05, 0) is 25.8 Å². The molecule has 1 heterocycles. The molecule has 1 fully saturated rings. The number of likely N-dealkylation sites (tertiary alicyclic amines) is 1. The average molecular weight is 173 g/mol. The van der Waals surface area contributed by atoms with Crippen molar-refractivity contribution >= 4 is 5.97 Å². The van der Waals surface area contributed by atoms with Gasteiger partial charge in [-0.2, -0.15) is 0 Å². The van der Waals surface area contributed by atoms with Gasteiger partial charge in [-0.3, -0.25) is 9.69 Å². The van der Waals surface area contributed by atoms with Crippen LogP contribution in [-0.4, -0.2) is 46.8 Å². The lowest BCUT2D eigenvalue weighted by atomic mass is 10.2. The highest BCUT2D eigenvalue weighted by Crippen LogP contribution is 2.09. The highest BCUT2D eigenvalue weighted by Gasteiger charge is 2.16. The molecular formula is C8H15NO3. The minimum atomic E-state index is -0.786. The van der Waals surface area contributed by atoms with Crippen molar-refractivity contribution in [1.82, 2.24) is 4.90 Å². The van der Waals surface area contributed by atoms with Crippen LogP contribution in [0.3, 0.4) is 0 Å². The Morgan fingerprint density at radius 1 is 1.42 bits per heavy atom. The van der Waals surface area contributed by atoms with Crippen molar-refractivity contribution in [3.05, 3.63) is 0 Å². The Labute approximate surface area is 71.8 Å². The van der Waals surface area contributed by atoms with Gasteiger partial charge in [-0.1, -0.05) is 0 Å². The number of aliphatic carboxylic acids is 1. The summed E-state index contributed by atoms with van der Waals surface area (Å²) in [5, 5.41) is 17.8. The van der Waals surface area contributed by atoms with Crippen LogP contribution in [0.15, 0.2) is 0 Å². The first-order valence-corrected chi connectivity index (χ1v) is 4.30. The molecule has 1 unspecified atom stereocenters. The number of carboxylic acids is 1. The van der Waals surface area contributed by atoms with Crippen molar-refractivity contribution in [2.75, 3.05) is 19.6 Å². The van der Waals surface area contributed by atoms with Crippen molar-refractivity contribution in [3.63, 3.8) is 0 Å². The van der Waals surface area contributed by atoms with Crippen molar-refractivity contribution < 1.29 is 15.0 Å². The number of nitrogens with zero attached hydrogens (tertiary/aromatic N) is 1. The summed E-state index contributed by atoms with van der Waals surface area (Å²) in [6.07, 6.45) is 2.17. The number of aliphatic hydroxyl groups is 1. The Morgan fingerprint density at radius 3 is 2.83 bits per heavy atom. The number of carboxylic acid groups (broad SMARTS) is 1. The van der Waals surface area contributed by atoms with Crippen LogP contribution in [0.4, 0.5) is 0 Å². The molecule has 0 aliphatic carbocycles. The predicted octanol–water partition coefficient (Wildman–Crippen LogP) is -0.0822. The molecule has 0 aromatic carbocycles. The van der Waals surface area contributed by atoms with E-state index in [1.807, 2.05) is 4.90 Å². The summed E-state index contributed by atoms with van der Waals surface area (Å²) in [7, 11) is 0. The Kier molecular flexibility index (Phi) is 3.49. The highest BCUT2D eigenvalue weighted by atomic mass is 16.4. The van der Waals surface area contributed by atoms with Crippen molar-refractivity contribution in [2.24, 2.45) is 0 Å². The van der Waals surface area contributed by atoms with Crippen LogP contribution >= 0.6 is 0 Å². The van der Waals surface area contributed by atoms with E-state index in [0.29, 0.717) is 13.0 Å². The van der Waals surface area contributed by atoms with E-state index in [1.54, 1.807) is 0 Å². The monoisotopic (exact) mass is 173 g/mol. The smallest absolute Gasteiger partial charge is 0.317 e. The highest BCUT2D eigenvalue weighted by molar-refractivity contribution is 5.69. The molecule has 0 amide bonds. The van der Waals surface area contributed by atoms with E-state index in [2.05, 4.69) is 0 Å². The van der Waals surface area contributed by atoms with Crippen LogP contribution in [0.2, 0.25) is 0 Å². The largest absolute Gasteiger partial charge is 0.480 e. The first-order chi connectivity index (χ1) is 5.68. The molecule has 12 heavy (non-hydrogen) atoms. The minimum absolute atomic E-state index is 0.104. The molecule has 1 atom stereocenters. The summed E-state index contributed by atoms with van der Waals surface area (Å²) >= 11 is 0. The molecule has 0 spiro atoms. The minimum Gasteiger partial charge on any atom is -0.480 e. The summed E-state index contributed by atoms with van der Waals surface area (Å²) < 4.78 is 0. The van der Waals surface area contributed by atoms with E-state index in [4.69, 9.17) is 5.11 Å². The standard InChI is InChI=1S/C8H15NO3/c10-7-2-1-4-9(5-3-7)6-8(11)12/h7,10H,1-6H2,(H,11,12). The van der Waals surface area contributed by atoms with E-state index in [0.717, 1.165) is 19.4 Å². The number of hydrogen-bond donors (Lipinski definition) is 2.